The Morgan fingerprint density at radius 1 is 1.42 bits per heavy atom. The molecule has 19 heavy (non-hydrogen) atoms. The highest BCUT2D eigenvalue weighted by atomic mass is 35.5. The number of benzene rings is 1. The second kappa shape index (κ2) is 5.31. The fraction of sp³-hybridized carbons (Fsp3) is 0.357. The fourth-order valence-corrected chi connectivity index (χ4v) is 2.48. The molecule has 102 valence electrons. The second-order valence-electron chi connectivity index (χ2n) is 4.64. The molecule has 1 aromatic carbocycles. The van der Waals surface area contributed by atoms with E-state index in [0.29, 0.717) is 5.56 Å². The molecule has 3 nitrogen and oxygen atoms in total. The van der Waals surface area contributed by atoms with Crippen LogP contribution in [0.4, 0.5) is 4.39 Å². The third kappa shape index (κ3) is 2.65. The Hall–Kier alpha value is -1.39. The molecule has 1 heterocycles. The third-order valence-electron chi connectivity index (χ3n) is 3.34. The van der Waals surface area contributed by atoms with Gasteiger partial charge >= 0.3 is 0 Å². The molecule has 0 radical (unpaired) electrons. The maximum Gasteiger partial charge on any atom is 0.145 e. The SMILES string of the molecule is Cc1nn(C)c(C)c1C(O)Cc1cccc(Cl)c1F. The first kappa shape index (κ1) is 14.0. The minimum Gasteiger partial charge on any atom is -0.388 e. The lowest BCUT2D eigenvalue weighted by molar-refractivity contribution is 0.175. The molecule has 2 rings (SSSR count). The zero-order chi connectivity index (χ0) is 14.2. The molecule has 1 unspecified atom stereocenters. The van der Waals surface area contributed by atoms with E-state index in [9.17, 15) is 9.50 Å². The Kier molecular flexibility index (Phi) is 3.92. The Morgan fingerprint density at radius 2 is 2.11 bits per heavy atom. The van der Waals surface area contributed by atoms with E-state index in [-0.39, 0.29) is 11.4 Å². The highest BCUT2D eigenvalue weighted by molar-refractivity contribution is 6.30. The number of aliphatic hydroxyl groups is 1. The van der Waals surface area contributed by atoms with Gasteiger partial charge in [0.15, 0.2) is 0 Å². The number of aliphatic hydroxyl groups excluding tert-OH is 1. The first-order valence-corrected chi connectivity index (χ1v) is 6.40. The standard InChI is InChI=1S/C14H16ClFN2O/c1-8-13(9(2)18(3)17-8)12(19)7-10-5-4-6-11(15)14(10)16/h4-6,12,19H,7H2,1-3H3. The summed E-state index contributed by atoms with van der Waals surface area (Å²) in [6.07, 6.45) is -0.610. The van der Waals surface area contributed by atoms with Crippen molar-refractivity contribution in [3.8, 4) is 0 Å². The van der Waals surface area contributed by atoms with Crippen LogP contribution in [0.2, 0.25) is 5.02 Å². The Bertz CT molecular complexity index is 610. The molecule has 1 N–H and O–H groups in total. The minimum absolute atomic E-state index is 0.0735. The van der Waals surface area contributed by atoms with E-state index in [1.165, 1.54) is 6.07 Å². The number of aromatic nitrogens is 2. The topological polar surface area (TPSA) is 38.0 Å². The summed E-state index contributed by atoms with van der Waals surface area (Å²) in [5.74, 6) is -0.470. The quantitative estimate of drug-likeness (QED) is 0.939. The molecule has 1 atom stereocenters. The molecular weight excluding hydrogens is 267 g/mol. The maximum atomic E-state index is 13.8. The maximum absolute atomic E-state index is 13.8. The third-order valence-corrected chi connectivity index (χ3v) is 3.63. The fourth-order valence-electron chi connectivity index (χ4n) is 2.29. The molecule has 0 saturated carbocycles. The van der Waals surface area contributed by atoms with Crippen LogP contribution in [0.5, 0.6) is 0 Å². The Morgan fingerprint density at radius 3 is 2.68 bits per heavy atom. The molecule has 0 aliphatic heterocycles. The minimum atomic E-state index is -0.790. The number of hydrogen-bond acceptors (Lipinski definition) is 2. The van der Waals surface area contributed by atoms with Gasteiger partial charge in [-0.3, -0.25) is 4.68 Å². The predicted octanol–water partition coefficient (Wildman–Crippen LogP) is 3.11. The normalized spacial score (nSPS) is 12.7. The van der Waals surface area contributed by atoms with Crippen molar-refractivity contribution in [1.29, 1.82) is 0 Å². The Balaban J connectivity index is 2.31. The van der Waals surface area contributed by atoms with Crippen LogP contribution in [0.1, 0.15) is 28.6 Å². The lowest BCUT2D eigenvalue weighted by atomic mass is 9.99. The number of aryl methyl sites for hydroxylation is 2. The van der Waals surface area contributed by atoms with Gasteiger partial charge in [-0.05, 0) is 25.5 Å². The van der Waals surface area contributed by atoms with Crippen LogP contribution < -0.4 is 0 Å². The van der Waals surface area contributed by atoms with E-state index in [1.807, 2.05) is 20.9 Å². The van der Waals surface area contributed by atoms with Crippen molar-refractivity contribution in [3.05, 3.63) is 51.6 Å². The molecule has 2 aromatic rings. The smallest absolute Gasteiger partial charge is 0.145 e. The zero-order valence-electron chi connectivity index (χ0n) is 11.1. The van der Waals surface area contributed by atoms with Gasteiger partial charge in [-0.1, -0.05) is 23.7 Å². The summed E-state index contributed by atoms with van der Waals surface area (Å²) in [7, 11) is 1.82. The van der Waals surface area contributed by atoms with E-state index in [4.69, 9.17) is 11.6 Å². The van der Waals surface area contributed by atoms with Crippen LogP contribution in [0.25, 0.3) is 0 Å². The largest absolute Gasteiger partial charge is 0.388 e. The number of halogens is 2. The molecular formula is C14H16ClFN2O. The molecule has 0 bridgehead atoms. The molecule has 5 heteroatoms. The lowest BCUT2D eigenvalue weighted by Crippen LogP contribution is -2.06. The van der Waals surface area contributed by atoms with Crippen molar-refractivity contribution in [1.82, 2.24) is 9.78 Å². The first-order chi connectivity index (χ1) is 8.91. The van der Waals surface area contributed by atoms with Crippen LogP contribution in [0.15, 0.2) is 18.2 Å². The summed E-state index contributed by atoms with van der Waals surface area (Å²) in [4.78, 5) is 0. The number of rotatable bonds is 3. The zero-order valence-corrected chi connectivity index (χ0v) is 11.9. The van der Waals surface area contributed by atoms with Crippen LogP contribution >= 0.6 is 11.6 Å². The van der Waals surface area contributed by atoms with Crippen LogP contribution in [0.3, 0.4) is 0 Å². The van der Waals surface area contributed by atoms with Crippen molar-refractivity contribution in [3.63, 3.8) is 0 Å². The molecule has 0 spiro atoms. The van der Waals surface area contributed by atoms with Gasteiger partial charge in [0.25, 0.3) is 0 Å². The molecule has 0 aliphatic rings. The van der Waals surface area contributed by atoms with Gasteiger partial charge in [-0.2, -0.15) is 5.10 Å². The highest BCUT2D eigenvalue weighted by Gasteiger charge is 2.20. The van der Waals surface area contributed by atoms with E-state index in [2.05, 4.69) is 5.10 Å². The van der Waals surface area contributed by atoms with Crippen LogP contribution in [-0.4, -0.2) is 14.9 Å². The van der Waals surface area contributed by atoms with E-state index < -0.39 is 11.9 Å². The summed E-state index contributed by atoms with van der Waals surface area (Å²) in [6.45, 7) is 3.72. The van der Waals surface area contributed by atoms with Crippen molar-refractivity contribution >= 4 is 11.6 Å². The van der Waals surface area contributed by atoms with Crippen molar-refractivity contribution in [2.24, 2.45) is 7.05 Å². The van der Waals surface area contributed by atoms with E-state index in [0.717, 1.165) is 17.0 Å². The van der Waals surface area contributed by atoms with Crippen molar-refractivity contribution in [2.45, 2.75) is 26.4 Å². The molecule has 0 saturated heterocycles. The second-order valence-corrected chi connectivity index (χ2v) is 5.05. The average Bonchev–Trinajstić information content (AvgIpc) is 2.59. The van der Waals surface area contributed by atoms with Crippen molar-refractivity contribution < 1.29 is 9.50 Å². The van der Waals surface area contributed by atoms with Crippen molar-refractivity contribution in [2.75, 3.05) is 0 Å². The monoisotopic (exact) mass is 282 g/mol. The summed E-state index contributed by atoms with van der Waals surface area (Å²) in [5, 5.41) is 14.6. The van der Waals surface area contributed by atoms with Gasteiger partial charge < -0.3 is 5.11 Å². The highest BCUT2D eigenvalue weighted by Crippen LogP contribution is 2.27. The van der Waals surface area contributed by atoms with E-state index in [1.54, 1.807) is 16.8 Å². The Labute approximate surface area is 116 Å². The van der Waals surface area contributed by atoms with Gasteiger partial charge in [0.1, 0.15) is 5.82 Å². The van der Waals surface area contributed by atoms with Crippen LogP contribution in [-0.2, 0) is 13.5 Å². The lowest BCUT2D eigenvalue weighted by Gasteiger charge is -2.12. The van der Waals surface area contributed by atoms with Gasteiger partial charge in [0.05, 0.1) is 16.8 Å². The summed E-state index contributed by atoms with van der Waals surface area (Å²) in [6, 6.07) is 4.80. The molecule has 0 amide bonds. The van der Waals surface area contributed by atoms with Crippen LogP contribution in [0, 0.1) is 19.7 Å². The van der Waals surface area contributed by atoms with Gasteiger partial charge in [0, 0.05) is 24.7 Å². The molecule has 1 aromatic heterocycles. The summed E-state index contributed by atoms with van der Waals surface area (Å²) >= 11 is 5.74. The van der Waals surface area contributed by atoms with Gasteiger partial charge in [-0.25, -0.2) is 4.39 Å². The number of hydrogen-bond donors (Lipinski definition) is 1. The van der Waals surface area contributed by atoms with Gasteiger partial charge in [-0.15, -0.1) is 0 Å². The van der Waals surface area contributed by atoms with Gasteiger partial charge in [0.2, 0.25) is 0 Å². The predicted molar refractivity (Wildman–Crippen MR) is 72.8 cm³/mol. The summed E-state index contributed by atoms with van der Waals surface area (Å²) < 4.78 is 15.5. The summed E-state index contributed by atoms with van der Waals surface area (Å²) in [5.41, 5.74) is 2.80. The van der Waals surface area contributed by atoms with E-state index >= 15 is 0 Å². The molecule has 0 fully saturated rings. The molecule has 0 aliphatic carbocycles. The number of nitrogens with zero attached hydrogens (tertiary/aromatic N) is 2. The first-order valence-electron chi connectivity index (χ1n) is 6.03. The average molecular weight is 283 g/mol.